The van der Waals surface area contributed by atoms with Crippen molar-refractivity contribution in [2.75, 3.05) is 38.1 Å². The third kappa shape index (κ3) is 6.51. The number of carbonyl (C=O) groups is 1. The van der Waals surface area contributed by atoms with Gasteiger partial charge in [-0.3, -0.25) is 9.69 Å². The van der Waals surface area contributed by atoms with Crippen LogP contribution < -0.4 is 10.1 Å². The van der Waals surface area contributed by atoms with Gasteiger partial charge in [0.15, 0.2) is 0 Å². The van der Waals surface area contributed by atoms with Crippen molar-refractivity contribution in [2.45, 2.75) is 47.1 Å². The number of anilines is 1. The molecule has 0 fully saturated rings. The van der Waals surface area contributed by atoms with Gasteiger partial charge in [-0.15, -0.1) is 0 Å². The first kappa shape index (κ1) is 25.6. The maximum atomic E-state index is 13.3. The Bertz CT molecular complexity index is 1010. The molecular formula is C29H39N3O2. The summed E-state index contributed by atoms with van der Waals surface area (Å²) in [6, 6.07) is 14.5. The van der Waals surface area contributed by atoms with Crippen LogP contribution in [0.4, 0.5) is 5.69 Å². The normalized spacial score (nSPS) is 16.2. The molecular weight excluding hydrogens is 422 g/mol. The molecule has 2 heterocycles. The number of nitrogens with one attached hydrogen (secondary N) is 1. The lowest BCUT2D eigenvalue weighted by Crippen LogP contribution is -2.36. The Balaban J connectivity index is 0.00000158. The number of fused-ring (bicyclic) bond motifs is 2. The van der Waals surface area contributed by atoms with E-state index in [1.165, 1.54) is 11.1 Å². The number of hydrogen-bond acceptors (Lipinski definition) is 4. The largest absolute Gasteiger partial charge is 0.491 e. The summed E-state index contributed by atoms with van der Waals surface area (Å²) >= 11 is 0. The molecule has 0 unspecified atom stereocenters. The number of rotatable bonds is 7. The van der Waals surface area contributed by atoms with Crippen LogP contribution in [0.15, 0.2) is 66.4 Å². The summed E-state index contributed by atoms with van der Waals surface area (Å²) < 4.78 is 5.89. The first-order valence-corrected chi connectivity index (χ1v) is 12.6. The van der Waals surface area contributed by atoms with Crippen LogP contribution in [0.5, 0.6) is 5.75 Å². The molecule has 2 aromatic carbocycles. The first-order valence-electron chi connectivity index (χ1n) is 12.6. The van der Waals surface area contributed by atoms with Gasteiger partial charge in [0, 0.05) is 37.6 Å². The van der Waals surface area contributed by atoms with E-state index in [0.717, 1.165) is 50.4 Å². The third-order valence-electron chi connectivity index (χ3n) is 6.17. The van der Waals surface area contributed by atoms with Gasteiger partial charge >= 0.3 is 0 Å². The second-order valence-electron chi connectivity index (χ2n) is 8.37. The minimum atomic E-state index is 0.0539. The Morgan fingerprint density at radius 2 is 1.85 bits per heavy atom. The standard InChI is InChI=1S/C27H33N3O2.C2H6/c1-3-8-23(4-2)28-24-11-12-26-25(19-24)27(31)30(17-18-32-26)15-7-14-29-16-13-21-9-5-6-10-22(21)20-29;1-2/h3-6,8-12,19,28H,7,13-18,20H2,1-2H3;1-2H3/b8-3-,23-4+;. The van der Waals surface area contributed by atoms with E-state index in [2.05, 4.69) is 34.5 Å². The molecule has 0 saturated carbocycles. The first-order chi connectivity index (χ1) is 16.7. The third-order valence-corrected chi connectivity index (χ3v) is 6.17. The van der Waals surface area contributed by atoms with Crippen molar-refractivity contribution in [3.8, 4) is 5.75 Å². The van der Waals surface area contributed by atoms with Crippen molar-refractivity contribution in [2.24, 2.45) is 0 Å². The van der Waals surface area contributed by atoms with E-state index in [-0.39, 0.29) is 5.91 Å². The molecule has 0 saturated heterocycles. The number of carbonyl (C=O) groups excluding carboxylic acids is 1. The molecule has 2 aliphatic heterocycles. The Hall–Kier alpha value is -3.05. The smallest absolute Gasteiger partial charge is 0.257 e. The molecule has 0 aliphatic carbocycles. The topological polar surface area (TPSA) is 44.8 Å². The van der Waals surface area contributed by atoms with Crippen LogP contribution in [0.2, 0.25) is 0 Å². The average molecular weight is 462 g/mol. The minimum absolute atomic E-state index is 0.0539. The molecule has 2 aliphatic rings. The molecule has 0 spiro atoms. The lowest BCUT2D eigenvalue weighted by molar-refractivity contribution is 0.0746. The summed E-state index contributed by atoms with van der Waals surface area (Å²) in [5.41, 5.74) is 5.43. The molecule has 0 aromatic heterocycles. The number of hydrogen-bond donors (Lipinski definition) is 1. The van der Waals surface area contributed by atoms with Gasteiger partial charge in [0.25, 0.3) is 5.91 Å². The molecule has 5 nitrogen and oxygen atoms in total. The van der Waals surface area contributed by atoms with Crippen LogP contribution in [0, 0.1) is 0 Å². The van der Waals surface area contributed by atoms with Crippen molar-refractivity contribution >= 4 is 11.6 Å². The van der Waals surface area contributed by atoms with Crippen molar-refractivity contribution in [3.63, 3.8) is 0 Å². The van der Waals surface area contributed by atoms with E-state index in [0.29, 0.717) is 24.5 Å². The number of allylic oxidation sites excluding steroid dienone is 3. The Morgan fingerprint density at radius 1 is 1.06 bits per heavy atom. The molecule has 1 N–H and O–H groups in total. The van der Waals surface area contributed by atoms with Crippen LogP contribution in [0.3, 0.4) is 0 Å². The predicted molar refractivity (Wildman–Crippen MR) is 141 cm³/mol. The molecule has 2 aromatic rings. The van der Waals surface area contributed by atoms with E-state index < -0.39 is 0 Å². The van der Waals surface area contributed by atoms with Gasteiger partial charge in [0.2, 0.25) is 0 Å². The minimum Gasteiger partial charge on any atom is -0.491 e. The maximum absolute atomic E-state index is 13.3. The highest BCUT2D eigenvalue weighted by atomic mass is 16.5. The fourth-order valence-corrected chi connectivity index (χ4v) is 4.44. The summed E-state index contributed by atoms with van der Waals surface area (Å²) in [4.78, 5) is 17.7. The summed E-state index contributed by atoms with van der Waals surface area (Å²) in [5, 5.41) is 3.37. The monoisotopic (exact) mass is 461 g/mol. The van der Waals surface area contributed by atoms with Gasteiger partial charge in [-0.1, -0.05) is 50.3 Å². The highest BCUT2D eigenvalue weighted by molar-refractivity contribution is 5.98. The van der Waals surface area contributed by atoms with Crippen molar-refractivity contribution in [1.82, 2.24) is 9.80 Å². The number of amides is 1. The van der Waals surface area contributed by atoms with Gasteiger partial charge in [-0.2, -0.15) is 0 Å². The summed E-state index contributed by atoms with van der Waals surface area (Å²) in [5.74, 6) is 0.724. The highest BCUT2D eigenvalue weighted by Gasteiger charge is 2.24. The molecule has 34 heavy (non-hydrogen) atoms. The maximum Gasteiger partial charge on any atom is 0.257 e. The van der Waals surface area contributed by atoms with Crippen LogP contribution in [-0.4, -0.2) is 48.5 Å². The van der Waals surface area contributed by atoms with E-state index in [9.17, 15) is 4.79 Å². The molecule has 0 atom stereocenters. The molecule has 5 heteroatoms. The SMILES string of the molecule is C/C=C\C(=C/C)Nc1ccc2c(c1)C(=O)N(CCCN1CCc3ccccc3C1)CCO2.CC. The second kappa shape index (κ2) is 13.0. The number of nitrogens with zero attached hydrogens (tertiary/aromatic N) is 2. The zero-order valence-electron chi connectivity index (χ0n) is 21.1. The van der Waals surface area contributed by atoms with Crippen LogP contribution in [0.25, 0.3) is 0 Å². The van der Waals surface area contributed by atoms with Gasteiger partial charge in [-0.05, 0) is 62.1 Å². The Morgan fingerprint density at radius 3 is 2.62 bits per heavy atom. The Labute approximate surface area is 205 Å². The van der Waals surface area contributed by atoms with Crippen molar-refractivity contribution in [1.29, 1.82) is 0 Å². The van der Waals surface area contributed by atoms with E-state index in [1.807, 2.05) is 69.0 Å². The lowest BCUT2D eigenvalue weighted by Gasteiger charge is -2.29. The lowest BCUT2D eigenvalue weighted by atomic mass is 10.00. The molecule has 1 amide bonds. The molecule has 182 valence electrons. The fourth-order valence-electron chi connectivity index (χ4n) is 4.44. The molecule has 0 radical (unpaired) electrons. The number of benzene rings is 2. The zero-order chi connectivity index (χ0) is 24.3. The molecule has 4 rings (SSSR count). The summed E-state index contributed by atoms with van der Waals surface area (Å²) in [6.45, 7) is 13.0. The number of ether oxygens (including phenoxy) is 1. The van der Waals surface area contributed by atoms with Gasteiger partial charge < -0.3 is 15.0 Å². The van der Waals surface area contributed by atoms with E-state index in [1.54, 1.807) is 0 Å². The summed E-state index contributed by atoms with van der Waals surface area (Å²) in [6.07, 6.45) is 8.08. The Kier molecular flexibility index (Phi) is 9.77. The van der Waals surface area contributed by atoms with Crippen LogP contribution in [-0.2, 0) is 13.0 Å². The fraction of sp³-hybridized carbons (Fsp3) is 0.414. The molecule has 0 bridgehead atoms. The van der Waals surface area contributed by atoms with E-state index >= 15 is 0 Å². The summed E-state index contributed by atoms with van der Waals surface area (Å²) in [7, 11) is 0. The van der Waals surface area contributed by atoms with Crippen LogP contribution in [0.1, 0.15) is 55.6 Å². The van der Waals surface area contributed by atoms with Crippen molar-refractivity contribution < 1.29 is 9.53 Å². The predicted octanol–water partition coefficient (Wildman–Crippen LogP) is 5.89. The zero-order valence-corrected chi connectivity index (χ0v) is 21.1. The van der Waals surface area contributed by atoms with Gasteiger partial charge in [0.05, 0.1) is 12.1 Å². The van der Waals surface area contributed by atoms with Crippen molar-refractivity contribution in [3.05, 3.63) is 83.1 Å². The van der Waals surface area contributed by atoms with Gasteiger partial charge in [0.1, 0.15) is 12.4 Å². The highest BCUT2D eigenvalue weighted by Crippen LogP contribution is 2.27. The van der Waals surface area contributed by atoms with Crippen LogP contribution >= 0.6 is 0 Å². The van der Waals surface area contributed by atoms with E-state index in [4.69, 9.17) is 4.74 Å². The average Bonchev–Trinajstić information content (AvgIpc) is 3.03. The second-order valence-corrected chi connectivity index (χ2v) is 8.37. The van der Waals surface area contributed by atoms with Gasteiger partial charge in [-0.25, -0.2) is 0 Å². The quantitative estimate of drug-likeness (QED) is 0.523.